The van der Waals surface area contributed by atoms with E-state index in [0.29, 0.717) is 47.4 Å². The Bertz CT molecular complexity index is 3980. The molecule has 0 atom stereocenters. The second kappa shape index (κ2) is 36.7. The van der Waals surface area contributed by atoms with Gasteiger partial charge < -0.3 is 23.5 Å². The summed E-state index contributed by atoms with van der Waals surface area (Å²) in [6.07, 6.45) is 10.2. The van der Waals surface area contributed by atoms with Crippen molar-refractivity contribution in [1.82, 2.24) is 49.8 Å². The first-order valence-electron chi connectivity index (χ1n) is 31.1. The van der Waals surface area contributed by atoms with E-state index in [-0.39, 0.29) is 35.0 Å². The Balaban J connectivity index is 0.000000200. The molecular weight excluding hydrogens is 1250 g/mol. The molecule has 0 aliphatic heterocycles. The molecule has 0 saturated heterocycles. The lowest BCUT2D eigenvalue weighted by molar-refractivity contribution is 0.0513. The molecule has 0 bridgehead atoms. The number of ether oxygens (including phenoxy) is 1. The number of thiazole rings is 3. The zero-order valence-electron chi connectivity index (χ0n) is 57.1. The van der Waals surface area contributed by atoms with E-state index in [2.05, 4.69) is 143 Å². The van der Waals surface area contributed by atoms with Gasteiger partial charge in [0.2, 0.25) is 0 Å². The number of aromatic nitrogens is 10. The van der Waals surface area contributed by atoms with Gasteiger partial charge >= 0.3 is 11.9 Å². The maximum Gasteiger partial charge on any atom is 0.360 e. The first kappa shape index (κ1) is 76.1. The second-order valence-corrected chi connectivity index (χ2v) is 26.9. The fourth-order valence-corrected chi connectivity index (χ4v) is 11.9. The largest absolute Gasteiger partial charge is 0.476 e. The van der Waals surface area contributed by atoms with Gasteiger partial charge in [0.05, 0.1) is 45.6 Å². The molecule has 0 amide bonds. The van der Waals surface area contributed by atoms with Gasteiger partial charge in [-0.25, -0.2) is 37.7 Å². The van der Waals surface area contributed by atoms with E-state index in [9.17, 15) is 22.8 Å². The average molecular weight is 1340 g/mol. The highest BCUT2D eigenvalue weighted by molar-refractivity contribution is 7.18. The highest BCUT2D eigenvalue weighted by Gasteiger charge is 2.18. The third-order valence-corrected chi connectivity index (χ3v) is 18.0. The number of aromatic carboxylic acids is 1. The van der Waals surface area contributed by atoms with Crippen LogP contribution in [-0.4, -0.2) is 73.4 Å². The first-order chi connectivity index (χ1) is 44.5. The maximum atomic E-state index is 12.9. The number of esters is 1. The zero-order chi connectivity index (χ0) is 69.5. The minimum Gasteiger partial charge on any atom is -0.476 e. The van der Waals surface area contributed by atoms with Crippen LogP contribution < -0.4 is 0 Å². The molecule has 0 fully saturated rings. The van der Waals surface area contributed by atoms with Crippen molar-refractivity contribution in [3.05, 3.63) is 211 Å². The van der Waals surface area contributed by atoms with Gasteiger partial charge in [-0.3, -0.25) is 19.9 Å². The molecule has 1 N–H and O–H groups in total. The Hall–Kier alpha value is -8.60. The summed E-state index contributed by atoms with van der Waals surface area (Å²) >= 11 is 5.21. The number of para-hydroxylation sites is 1. The van der Waals surface area contributed by atoms with Crippen LogP contribution in [0.3, 0.4) is 0 Å². The number of benzene rings is 3. The number of hydrogen-bond acceptors (Lipinski definition) is 17. The molecule has 0 unspecified atom stereocenters. The monoisotopic (exact) mass is 1340 g/mol. The van der Waals surface area contributed by atoms with Crippen molar-refractivity contribution in [2.45, 2.75) is 173 Å². The third-order valence-electron chi connectivity index (χ3n) is 13.7. The lowest BCUT2D eigenvalue weighted by Crippen LogP contribution is -2.04. The minimum absolute atomic E-state index is 0.0336. The molecule has 0 radical (unpaired) electrons. The van der Waals surface area contributed by atoms with E-state index >= 15 is 0 Å². The molecule has 11 rings (SSSR count). The van der Waals surface area contributed by atoms with Crippen LogP contribution in [0.1, 0.15) is 226 Å². The number of carboxylic acid groups (broad SMARTS) is 1. The second-order valence-electron chi connectivity index (χ2n) is 23.8. The van der Waals surface area contributed by atoms with Gasteiger partial charge in [0.25, 0.3) is 0 Å². The van der Waals surface area contributed by atoms with Gasteiger partial charge in [0.15, 0.2) is 11.4 Å². The summed E-state index contributed by atoms with van der Waals surface area (Å²) in [5, 5.41) is 18.6. The Morgan fingerprint density at radius 3 is 1.45 bits per heavy atom. The smallest absolute Gasteiger partial charge is 0.360 e. The van der Waals surface area contributed by atoms with Crippen LogP contribution >= 0.6 is 34.0 Å². The number of fused-ring (bicyclic) bond motifs is 1. The van der Waals surface area contributed by atoms with Crippen molar-refractivity contribution in [1.29, 1.82) is 0 Å². The third kappa shape index (κ3) is 22.6. The van der Waals surface area contributed by atoms with Crippen molar-refractivity contribution in [2.24, 2.45) is 0 Å². The molecule has 94 heavy (non-hydrogen) atoms. The lowest BCUT2D eigenvalue weighted by Gasteiger charge is -2.11. The molecule has 22 heteroatoms. The van der Waals surface area contributed by atoms with Crippen molar-refractivity contribution in [2.75, 3.05) is 6.61 Å². The highest BCUT2D eigenvalue weighted by Crippen LogP contribution is 2.33. The summed E-state index contributed by atoms with van der Waals surface area (Å²) in [5.41, 5.74) is 10.6. The van der Waals surface area contributed by atoms with Crippen LogP contribution in [0.4, 0.5) is 13.2 Å². The van der Waals surface area contributed by atoms with Crippen LogP contribution in [0.5, 0.6) is 0 Å². The number of halogens is 3. The minimum atomic E-state index is -1.05. The van der Waals surface area contributed by atoms with Gasteiger partial charge in [-0.15, -0.1) is 34.0 Å². The van der Waals surface area contributed by atoms with E-state index in [1.807, 2.05) is 73.6 Å². The topological polar surface area (TPSA) is 211 Å². The number of rotatable bonds is 13. The van der Waals surface area contributed by atoms with Crippen LogP contribution in [0.15, 0.2) is 131 Å². The molecule has 0 aliphatic carbocycles. The number of nitrogens with zero attached hydrogens (tertiary/aromatic N) is 10. The van der Waals surface area contributed by atoms with Gasteiger partial charge in [-0.05, 0) is 118 Å². The van der Waals surface area contributed by atoms with Crippen LogP contribution in [0.25, 0.3) is 37.3 Å². The molecule has 3 aromatic carbocycles. The zero-order valence-corrected chi connectivity index (χ0v) is 59.6. The Labute approximate surface area is 562 Å². The standard InChI is InChI=1S/C15H18FN.2C11H13N3S.C10H11NS.C9H10F2.C9H13NO3.C7H9NO3/c1-10(2)15-9-11(3)17(12(15)4)14-7-5-13(16)6-8-14;2*1-7(2)10-8(3)14-11(15-10)9-6-12-4-5-13-9;1-7(2)10-11-8-5-3-4-6-9(8)12-10;1-6(2)8-4-3-7(10)5-9(8)11;1-4-12-9(11)7-5-8(6(2)3)13-10-7;1-4(2)6-3-5(7(9)10)8-11-6/h5-10H,1-4H3;2*4-7H,1-3H3;3-7H,1-2H3;3-6H,1-2H3;5-6H,4H2,1-3H3;3-4H,1-2H3,(H,9,10). The van der Waals surface area contributed by atoms with Crippen molar-refractivity contribution >= 4 is 56.2 Å². The van der Waals surface area contributed by atoms with Crippen molar-refractivity contribution in [3.8, 4) is 27.1 Å². The Morgan fingerprint density at radius 2 is 1.05 bits per heavy atom. The van der Waals surface area contributed by atoms with Gasteiger partial charge in [0.1, 0.15) is 50.4 Å². The summed E-state index contributed by atoms with van der Waals surface area (Å²) < 4.78 is 56.1. The molecule has 0 saturated carbocycles. The van der Waals surface area contributed by atoms with E-state index in [1.54, 1.807) is 84.2 Å². The molecule has 8 heterocycles. The fraction of sp³-hybridized carbons (Fsp3) is 0.375. The summed E-state index contributed by atoms with van der Waals surface area (Å²) in [6.45, 7) is 39.4. The van der Waals surface area contributed by atoms with E-state index in [0.717, 1.165) is 50.1 Å². The van der Waals surface area contributed by atoms with Crippen LogP contribution in [-0.2, 0) is 4.74 Å². The Morgan fingerprint density at radius 1 is 0.553 bits per heavy atom. The predicted octanol–water partition coefficient (Wildman–Crippen LogP) is 20.4. The summed E-state index contributed by atoms with van der Waals surface area (Å²) in [6, 6.07) is 23.9. The number of carbonyl (C=O) groups is 2. The quantitative estimate of drug-likeness (QED) is 0.106. The predicted molar refractivity (Wildman–Crippen MR) is 371 cm³/mol. The molecule has 8 aromatic heterocycles. The lowest BCUT2D eigenvalue weighted by atomic mass is 10.0. The van der Waals surface area contributed by atoms with E-state index < -0.39 is 23.6 Å². The SMILES string of the molecule is CC(C)c1cc(C(=O)O)no1.CC(C)c1ccc(F)cc1F.CC(C)c1nc2ccccc2s1.CCOC(=O)c1cc(C(C)C)on1.Cc1cc(C(C)C)c(C)n1-c1ccc(F)cc1.Cc1nc(-c2cnccn2)sc1C(C)C.Cc1nc(-c2cnccn2)sc1C(C)C. The first-order valence-corrected chi connectivity index (χ1v) is 33.5. The highest BCUT2D eigenvalue weighted by atomic mass is 32.1. The summed E-state index contributed by atoms with van der Waals surface area (Å²) in [7, 11) is 0. The molecule has 500 valence electrons. The van der Waals surface area contributed by atoms with Crippen LogP contribution in [0.2, 0.25) is 0 Å². The molecule has 0 spiro atoms. The Kier molecular flexibility index (Phi) is 29.8. The number of carboxylic acids is 1. The number of carbonyl (C=O) groups excluding carboxylic acids is 1. The van der Waals surface area contributed by atoms with E-state index in [4.69, 9.17) is 18.9 Å². The van der Waals surface area contributed by atoms with Crippen molar-refractivity contribution < 1.29 is 41.6 Å². The van der Waals surface area contributed by atoms with E-state index in [1.165, 1.54) is 66.7 Å². The normalized spacial score (nSPS) is 10.9. The van der Waals surface area contributed by atoms with Crippen molar-refractivity contribution in [3.63, 3.8) is 0 Å². The molecular formula is C72H87F3N10O6S3. The average Bonchev–Trinajstić information content (AvgIpc) is 1.73. The van der Waals surface area contributed by atoms with Crippen LogP contribution in [0, 0.1) is 45.1 Å². The fourth-order valence-electron chi connectivity index (χ4n) is 8.92. The summed E-state index contributed by atoms with van der Waals surface area (Å²) in [4.78, 5) is 54.3. The number of hydrogen-bond donors (Lipinski definition) is 1. The maximum absolute atomic E-state index is 12.9. The van der Waals surface area contributed by atoms with Gasteiger partial charge in [0, 0.05) is 87.6 Å². The van der Waals surface area contributed by atoms with Gasteiger partial charge in [-0.1, -0.05) is 125 Å². The molecule has 0 aliphatic rings. The van der Waals surface area contributed by atoms with Gasteiger partial charge in [-0.2, -0.15) is 0 Å². The molecule has 11 aromatic rings. The molecule has 16 nitrogen and oxygen atoms in total. The summed E-state index contributed by atoms with van der Waals surface area (Å²) in [5.74, 6) is 1.25. The number of aryl methyl sites for hydroxylation is 3.